The quantitative estimate of drug-likeness (QED) is 0.808. The van der Waals surface area contributed by atoms with Gasteiger partial charge in [-0.3, -0.25) is 4.79 Å². The maximum absolute atomic E-state index is 13.6. The van der Waals surface area contributed by atoms with Crippen molar-refractivity contribution in [1.82, 2.24) is 4.98 Å². The van der Waals surface area contributed by atoms with E-state index >= 15 is 0 Å². The lowest BCUT2D eigenvalue weighted by molar-refractivity contribution is 0.0238. The second-order valence-corrected chi connectivity index (χ2v) is 6.02. The molecule has 0 spiro atoms. The van der Waals surface area contributed by atoms with Crippen LogP contribution in [0.3, 0.4) is 0 Å². The Morgan fingerprint density at radius 1 is 1.23 bits per heavy atom. The Bertz CT molecular complexity index is 829. The molecule has 1 aromatic heterocycles. The van der Waals surface area contributed by atoms with Crippen molar-refractivity contribution < 1.29 is 27.4 Å². The lowest BCUT2D eigenvalue weighted by atomic mass is 10.1. The molecule has 1 aliphatic heterocycles. The summed E-state index contributed by atoms with van der Waals surface area (Å²) in [6.45, 7) is 1.17. The number of nitrogens with zero attached hydrogens (tertiary/aromatic N) is 1. The molecule has 0 radical (unpaired) electrons. The van der Waals surface area contributed by atoms with E-state index in [1.807, 2.05) is 0 Å². The number of aromatic nitrogens is 1. The Balaban J connectivity index is 1.72. The van der Waals surface area contributed by atoms with E-state index in [1.54, 1.807) is 0 Å². The molecule has 2 heterocycles. The first-order valence-electron chi connectivity index (χ1n) is 7.80. The van der Waals surface area contributed by atoms with Crippen LogP contribution in [0.5, 0.6) is 5.88 Å². The van der Waals surface area contributed by atoms with Crippen molar-refractivity contribution in [3.63, 3.8) is 0 Å². The fourth-order valence-corrected chi connectivity index (χ4v) is 2.62. The molecule has 0 saturated carbocycles. The fraction of sp³-hybridized carbons (Fsp3) is 0.294. The van der Waals surface area contributed by atoms with E-state index in [2.05, 4.69) is 10.3 Å². The first kappa shape index (κ1) is 18.5. The Hall–Kier alpha value is -2.32. The first-order valence-corrected chi connectivity index (χ1v) is 8.18. The number of hydrogen-bond acceptors (Lipinski definition) is 4. The molecule has 5 nitrogen and oxygen atoms in total. The van der Waals surface area contributed by atoms with Crippen molar-refractivity contribution in [3.8, 4) is 5.88 Å². The topological polar surface area (TPSA) is 60.5 Å². The van der Waals surface area contributed by atoms with Gasteiger partial charge in [-0.25, -0.2) is 18.2 Å². The van der Waals surface area contributed by atoms with Crippen LogP contribution in [0.4, 0.5) is 18.9 Å². The third-order valence-corrected chi connectivity index (χ3v) is 4.07. The van der Waals surface area contributed by atoms with Gasteiger partial charge in [0.2, 0.25) is 5.88 Å². The number of anilines is 1. The molecule has 0 atom stereocenters. The zero-order valence-corrected chi connectivity index (χ0v) is 14.2. The molecule has 0 unspecified atom stereocenters. The summed E-state index contributed by atoms with van der Waals surface area (Å²) < 4.78 is 50.7. The average Bonchev–Trinajstić information content (AvgIpc) is 2.64. The molecule has 26 heavy (non-hydrogen) atoms. The lowest BCUT2D eigenvalue weighted by Gasteiger charge is -2.23. The van der Waals surface area contributed by atoms with E-state index in [0.29, 0.717) is 32.1 Å². The van der Waals surface area contributed by atoms with Gasteiger partial charge in [-0.05, 0) is 18.2 Å². The number of benzene rings is 1. The van der Waals surface area contributed by atoms with Gasteiger partial charge in [-0.15, -0.1) is 0 Å². The molecular formula is C17H14ClF3N2O3. The number of halogens is 4. The number of ether oxygens (including phenoxy) is 2. The molecule has 0 aliphatic carbocycles. The van der Waals surface area contributed by atoms with E-state index in [-0.39, 0.29) is 22.6 Å². The number of rotatable bonds is 4. The van der Waals surface area contributed by atoms with E-state index in [9.17, 15) is 18.0 Å². The molecule has 1 amide bonds. The van der Waals surface area contributed by atoms with Crippen LogP contribution in [-0.4, -0.2) is 30.2 Å². The normalized spacial score (nSPS) is 14.9. The van der Waals surface area contributed by atoms with Crippen LogP contribution in [0.15, 0.2) is 24.4 Å². The zero-order chi connectivity index (χ0) is 18.7. The second kappa shape index (κ2) is 7.92. The van der Waals surface area contributed by atoms with Crippen LogP contribution in [0.1, 0.15) is 23.2 Å². The molecular weight excluding hydrogens is 373 g/mol. The average molecular weight is 387 g/mol. The minimum absolute atomic E-state index is 0.0125. The molecule has 1 N–H and O–H groups in total. The number of amides is 1. The Kier molecular flexibility index (Phi) is 5.63. The molecule has 1 aliphatic rings. The maximum atomic E-state index is 13.6. The van der Waals surface area contributed by atoms with Gasteiger partial charge in [0.1, 0.15) is 11.1 Å². The summed E-state index contributed by atoms with van der Waals surface area (Å²) in [5.74, 6) is -5.10. The van der Waals surface area contributed by atoms with Gasteiger partial charge < -0.3 is 14.8 Å². The minimum Gasteiger partial charge on any atom is -0.473 e. The third-order valence-electron chi connectivity index (χ3n) is 3.80. The van der Waals surface area contributed by atoms with E-state index in [4.69, 9.17) is 21.1 Å². The number of nitrogens with one attached hydrogen (secondary N) is 1. The summed E-state index contributed by atoms with van der Waals surface area (Å²) in [6, 6.07) is 2.93. The molecule has 1 fully saturated rings. The highest BCUT2D eigenvalue weighted by atomic mass is 35.5. The summed E-state index contributed by atoms with van der Waals surface area (Å²) >= 11 is 6.09. The van der Waals surface area contributed by atoms with Gasteiger partial charge in [0.25, 0.3) is 5.91 Å². The van der Waals surface area contributed by atoms with Crippen molar-refractivity contribution >= 4 is 23.2 Å². The van der Waals surface area contributed by atoms with Gasteiger partial charge in [0.15, 0.2) is 17.5 Å². The van der Waals surface area contributed by atoms with Crippen LogP contribution < -0.4 is 10.1 Å². The summed E-state index contributed by atoms with van der Waals surface area (Å²) in [5, 5.41) is 2.25. The van der Waals surface area contributed by atoms with Crippen LogP contribution in [-0.2, 0) is 4.74 Å². The van der Waals surface area contributed by atoms with Gasteiger partial charge in [-0.1, -0.05) is 11.6 Å². The zero-order valence-electron chi connectivity index (χ0n) is 13.4. The van der Waals surface area contributed by atoms with Crippen molar-refractivity contribution in [2.75, 3.05) is 18.5 Å². The highest BCUT2D eigenvalue weighted by Crippen LogP contribution is 2.26. The highest BCUT2D eigenvalue weighted by Gasteiger charge is 2.20. The lowest BCUT2D eigenvalue weighted by Crippen LogP contribution is -2.26. The predicted octanol–water partition coefficient (Wildman–Crippen LogP) is 3.96. The third kappa shape index (κ3) is 4.08. The van der Waals surface area contributed by atoms with Gasteiger partial charge in [0, 0.05) is 19.0 Å². The Labute approximate surface area is 152 Å². The summed E-state index contributed by atoms with van der Waals surface area (Å²) in [4.78, 5) is 16.2. The van der Waals surface area contributed by atoms with E-state index in [1.165, 1.54) is 12.3 Å². The molecule has 1 saturated heterocycles. The summed E-state index contributed by atoms with van der Waals surface area (Å²) in [7, 11) is 0. The van der Waals surface area contributed by atoms with Crippen molar-refractivity contribution in [2.24, 2.45) is 0 Å². The molecule has 1 aromatic carbocycles. The Morgan fingerprint density at radius 3 is 2.65 bits per heavy atom. The smallest absolute Gasteiger partial charge is 0.257 e. The van der Waals surface area contributed by atoms with Crippen molar-refractivity contribution in [1.29, 1.82) is 0 Å². The van der Waals surface area contributed by atoms with Crippen LogP contribution >= 0.6 is 11.6 Å². The minimum atomic E-state index is -1.67. The molecule has 0 bridgehead atoms. The van der Waals surface area contributed by atoms with Crippen LogP contribution in [0, 0.1) is 17.5 Å². The first-order chi connectivity index (χ1) is 12.5. The van der Waals surface area contributed by atoms with Crippen LogP contribution in [0.2, 0.25) is 5.02 Å². The highest BCUT2D eigenvalue weighted by molar-refractivity contribution is 6.32. The van der Waals surface area contributed by atoms with Gasteiger partial charge in [0.05, 0.1) is 24.5 Å². The van der Waals surface area contributed by atoms with E-state index in [0.717, 1.165) is 6.07 Å². The number of carbonyl (C=O) groups excluding carboxylic acids is 1. The second-order valence-electron chi connectivity index (χ2n) is 5.62. The van der Waals surface area contributed by atoms with E-state index < -0.39 is 29.0 Å². The summed E-state index contributed by atoms with van der Waals surface area (Å²) in [5.41, 5.74) is -0.481. The van der Waals surface area contributed by atoms with Crippen LogP contribution in [0.25, 0.3) is 0 Å². The molecule has 3 rings (SSSR count). The molecule has 2 aromatic rings. The SMILES string of the molecule is O=C(Nc1ccc(F)c(F)c1F)c1cnc(OC2CCOCC2)c(Cl)c1. The van der Waals surface area contributed by atoms with Crippen molar-refractivity contribution in [3.05, 3.63) is 52.4 Å². The predicted molar refractivity (Wildman–Crippen MR) is 88.0 cm³/mol. The molecule has 9 heteroatoms. The molecule has 138 valence electrons. The van der Waals surface area contributed by atoms with Crippen molar-refractivity contribution in [2.45, 2.75) is 18.9 Å². The monoisotopic (exact) mass is 386 g/mol. The maximum Gasteiger partial charge on any atom is 0.257 e. The Morgan fingerprint density at radius 2 is 1.96 bits per heavy atom. The number of hydrogen-bond donors (Lipinski definition) is 1. The largest absolute Gasteiger partial charge is 0.473 e. The standard InChI is InChI=1S/C17H14ClF3N2O3/c18-11-7-9(8-22-17(11)26-10-3-5-25-6-4-10)16(24)23-13-2-1-12(19)14(20)15(13)21/h1-2,7-8,10H,3-6H2,(H,23,24). The number of pyridine rings is 1. The fourth-order valence-electron chi connectivity index (χ4n) is 2.40. The number of carbonyl (C=O) groups is 1. The van der Waals surface area contributed by atoms with Gasteiger partial charge >= 0.3 is 0 Å². The summed E-state index contributed by atoms with van der Waals surface area (Å²) in [6.07, 6.45) is 2.53. The van der Waals surface area contributed by atoms with Gasteiger partial charge in [-0.2, -0.15) is 0 Å².